The maximum atomic E-state index is 13.4. The number of aromatic nitrogens is 5. The maximum Gasteiger partial charge on any atom is 0.275 e. The van der Waals surface area contributed by atoms with E-state index in [0.717, 1.165) is 33.2 Å². The summed E-state index contributed by atoms with van der Waals surface area (Å²) in [6, 6.07) is 27.8. The second kappa shape index (κ2) is 9.42. The van der Waals surface area contributed by atoms with Crippen LogP contribution in [-0.4, -0.2) is 30.3 Å². The van der Waals surface area contributed by atoms with Crippen molar-refractivity contribution in [2.45, 2.75) is 25.0 Å². The molecule has 6 nitrogen and oxygen atoms in total. The van der Waals surface area contributed by atoms with Gasteiger partial charge in [0.25, 0.3) is 5.56 Å². The van der Waals surface area contributed by atoms with E-state index in [9.17, 15) is 4.79 Å². The van der Waals surface area contributed by atoms with Gasteiger partial charge in [-0.1, -0.05) is 85.4 Å². The Morgan fingerprint density at radius 3 is 2.21 bits per heavy atom. The lowest BCUT2D eigenvalue weighted by molar-refractivity contribution is 0.599. The summed E-state index contributed by atoms with van der Waals surface area (Å²) in [4.78, 5) is 13.4. The van der Waals surface area contributed by atoms with Crippen molar-refractivity contribution in [3.8, 4) is 5.69 Å². The topological polar surface area (TPSA) is 65.6 Å². The number of rotatable bonds is 7. The highest BCUT2D eigenvalue weighted by molar-refractivity contribution is 7.99. The number of nitrogens with zero attached hydrogens (tertiary/aromatic N) is 5. The molecular formula is C26H23N5OS. The SMILES string of the molecule is CCSc1nnc(Cn2nc(Cc3ccccc3)c3ccccc3c2=O)n1-c1ccccc1. The van der Waals surface area contributed by atoms with Crippen molar-refractivity contribution >= 4 is 22.5 Å². The van der Waals surface area contributed by atoms with E-state index < -0.39 is 0 Å². The lowest BCUT2D eigenvalue weighted by atomic mass is 10.0. The number of para-hydroxylation sites is 1. The summed E-state index contributed by atoms with van der Waals surface area (Å²) in [5.41, 5.74) is 2.85. The van der Waals surface area contributed by atoms with Gasteiger partial charge in [-0.15, -0.1) is 10.2 Å². The molecule has 2 heterocycles. The van der Waals surface area contributed by atoms with Crippen molar-refractivity contribution in [3.05, 3.63) is 112 Å². The predicted octanol–water partition coefficient (Wildman–Crippen LogP) is 4.73. The fourth-order valence-electron chi connectivity index (χ4n) is 3.93. The summed E-state index contributed by atoms with van der Waals surface area (Å²) in [5, 5.41) is 16.0. The highest BCUT2D eigenvalue weighted by Gasteiger charge is 2.17. The van der Waals surface area contributed by atoms with Gasteiger partial charge in [-0.2, -0.15) is 5.10 Å². The smallest absolute Gasteiger partial charge is 0.272 e. The molecule has 0 aliphatic heterocycles. The van der Waals surface area contributed by atoms with E-state index in [0.29, 0.717) is 17.6 Å². The largest absolute Gasteiger partial charge is 0.275 e. The first-order valence-corrected chi connectivity index (χ1v) is 11.9. The zero-order valence-electron chi connectivity index (χ0n) is 18.3. The van der Waals surface area contributed by atoms with Crippen LogP contribution in [0.25, 0.3) is 16.5 Å². The second-order valence-electron chi connectivity index (χ2n) is 7.62. The number of thioether (sulfide) groups is 1. The molecule has 0 N–H and O–H groups in total. The van der Waals surface area contributed by atoms with E-state index in [2.05, 4.69) is 29.3 Å². The lowest BCUT2D eigenvalue weighted by Gasteiger charge is -2.13. The van der Waals surface area contributed by atoms with Gasteiger partial charge in [0.05, 0.1) is 11.1 Å². The number of hydrogen-bond acceptors (Lipinski definition) is 5. The normalized spacial score (nSPS) is 11.2. The standard InChI is InChI=1S/C26H23N5OS/c1-2-33-26-28-27-24(31(26)20-13-7-4-8-14-20)18-30-25(32)22-16-10-9-15-21(22)23(29-30)17-19-11-5-3-6-12-19/h3-16H,2,17-18H2,1H3. The third-order valence-corrected chi connectivity index (χ3v) is 6.25. The Balaban J connectivity index is 1.62. The van der Waals surface area contributed by atoms with Crippen molar-refractivity contribution in [1.29, 1.82) is 0 Å². The van der Waals surface area contributed by atoms with Crippen LogP contribution in [0.3, 0.4) is 0 Å². The van der Waals surface area contributed by atoms with Crippen molar-refractivity contribution < 1.29 is 0 Å². The van der Waals surface area contributed by atoms with Crippen LogP contribution >= 0.6 is 11.8 Å². The molecule has 5 rings (SSSR count). The van der Waals surface area contributed by atoms with Crippen molar-refractivity contribution in [1.82, 2.24) is 24.5 Å². The van der Waals surface area contributed by atoms with Crippen LogP contribution in [0.5, 0.6) is 0 Å². The molecule has 33 heavy (non-hydrogen) atoms. The van der Waals surface area contributed by atoms with E-state index in [4.69, 9.17) is 5.10 Å². The molecule has 5 aromatic rings. The number of benzene rings is 3. The maximum absolute atomic E-state index is 13.4. The van der Waals surface area contributed by atoms with Crippen LogP contribution in [0.4, 0.5) is 0 Å². The summed E-state index contributed by atoms with van der Waals surface area (Å²) >= 11 is 1.62. The summed E-state index contributed by atoms with van der Waals surface area (Å²) in [7, 11) is 0. The molecule has 3 aromatic carbocycles. The molecule has 0 radical (unpaired) electrons. The van der Waals surface area contributed by atoms with E-state index in [1.54, 1.807) is 11.8 Å². The van der Waals surface area contributed by atoms with Gasteiger partial charge in [-0.3, -0.25) is 9.36 Å². The molecule has 164 valence electrons. The van der Waals surface area contributed by atoms with E-state index in [1.807, 2.05) is 77.4 Å². The van der Waals surface area contributed by atoms with Crippen LogP contribution in [0.2, 0.25) is 0 Å². The van der Waals surface area contributed by atoms with Gasteiger partial charge in [0.15, 0.2) is 11.0 Å². The summed E-state index contributed by atoms with van der Waals surface area (Å²) in [5.74, 6) is 1.55. The van der Waals surface area contributed by atoms with E-state index in [-0.39, 0.29) is 12.1 Å². The zero-order valence-corrected chi connectivity index (χ0v) is 19.1. The Bertz CT molecular complexity index is 1440. The fourth-order valence-corrected chi connectivity index (χ4v) is 4.62. The van der Waals surface area contributed by atoms with Crippen molar-refractivity contribution in [2.75, 3.05) is 5.75 Å². The second-order valence-corrected chi connectivity index (χ2v) is 8.85. The van der Waals surface area contributed by atoms with Gasteiger partial charge in [-0.05, 0) is 29.5 Å². The highest BCUT2D eigenvalue weighted by Crippen LogP contribution is 2.23. The van der Waals surface area contributed by atoms with Crippen LogP contribution in [0.15, 0.2) is 94.9 Å². The van der Waals surface area contributed by atoms with Gasteiger partial charge in [0.2, 0.25) is 0 Å². The first-order valence-electron chi connectivity index (χ1n) is 10.9. The fraction of sp³-hybridized carbons (Fsp3) is 0.154. The molecule has 0 amide bonds. The minimum Gasteiger partial charge on any atom is -0.272 e. The summed E-state index contributed by atoms with van der Waals surface area (Å²) < 4.78 is 3.53. The molecule has 0 unspecified atom stereocenters. The predicted molar refractivity (Wildman–Crippen MR) is 132 cm³/mol. The average Bonchev–Trinajstić information content (AvgIpc) is 3.25. The summed E-state index contributed by atoms with van der Waals surface area (Å²) in [6.45, 7) is 2.32. The van der Waals surface area contributed by atoms with Gasteiger partial charge in [-0.25, -0.2) is 4.68 Å². The molecule has 7 heteroatoms. The molecule has 0 spiro atoms. The zero-order chi connectivity index (χ0) is 22.6. The Kier molecular flexibility index (Phi) is 6.04. The molecular weight excluding hydrogens is 430 g/mol. The van der Waals surface area contributed by atoms with Gasteiger partial charge in [0.1, 0.15) is 6.54 Å². The number of fused-ring (bicyclic) bond motifs is 1. The Hall–Kier alpha value is -3.71. The Morgan fingerprint density at radius 2 is 1.48 bits per heavy atom. The Labute approximate surface area is 195 Å². The van der Waals surface area contributed by atoms with Crippen LogP contribution in [-0.2, 0) is 13.0 Å². The molecule has 0 aliphatic rings. The van der Waals surface area contributed by atoms with Crippen molar-refractivity contribution in [3.63, 3.8) is 0 Å². The first kappa shape index (κ1) is 21.2. The third kappa shape index (κ3) is 4.32. The molecule has 0 fully saturated rings. The van der Waals surface area contributed by atoms with E-state index in [1.165, 1.54) is 4.68 Å². The molecule has 2 aromatic heterocycles. The minimum absolute atomic E-state index is 0.130. The molecule has 0 bridgehead atoms. The minimum atomic E-state index is -0.130. The van der Waals surface area contributed by atoms with Crippen LogP contribution in [0, 0.1) is 0 Å². The van der Waals surface area contributed by atoms with Gasteiger partial charge >= 0.3 is 0 Å². The van der Waals surface area contributed by atoms with Crippen molar-refractivity contribution in [2.24, 2.45) is 0 Å². The Morgan fingerprint density at radius 1 is 0.818 bits per heavy atom. The first-order chi connectivity index (χ1) is 16.2. The van der Waals surface area contributed by atoms with Gasteiger partial charge in [0, 0.05) is 17.5 Å². The molecule has 0 saturated heterocycles. The monoisotopic (exact) mass is 453 g/mol. The molecule has 0 atom stereocenters. The van der Waals surface area contributed by atoms with Gasteiger partial charge < -0.3 is 0 Å². The van der Waals surface area contributed by atoms with Crippen LogP contribution in [0.1, 0.15) is 24.0 Å². The third-order valence-electron chi connectivity index (χ3n) is 5.44. The molecule has 0 aliphatic carbocycles. The average molecular weight is 454 g/mol. The lowest BCUT2D eigenvalue weighted by Crippen LogP contribution is -2.26. The summed E-state index contributed by atoms with van der Waals surface area (Å²) in [6.07, 6.45) is 0.643. The highest BCUT2D eigenvalue weighted by atomic mass is 32.2. The quantitative estimate of drug-likeness (QED) is 0.333. The number of hydrogen-bond donors (Lipinski definition) is 0. The molecule has 0 saturated carbocycles. The van der Waals surface area contributed by atoms with E-state index >= 15 is 0 Å². The van der Waals surface area contributed by atoms with Crippen LogP contribution < -0.4 is 5.56 Å².